The molecule has 8 heteroatoms. The monoisotopic (exact) mass is 420 g/mol. The van der Waals surface area contributed by atoms with Gasteiger partial charge in [0.15, 0.2) is 5.82 Å². The van der Waals surface area contributed by atoms with Crippen LogP contribution in [-0.4, -0.2) is 24.0 Å². The van der Waals surface area contributed by atoms with E-state index in [1.54, 1.807) is 43.5 Å². The molecule has 0 spiro atoms. The number of allylic oxidation sites excluding steroid dienone is 1. The van der Waals surface area contributed by atoms with E-state index >= 15 is 0 Å². The van der Waals surface area contributed by atoms with Crippen LogP contribution in [0.3, 0.4) is 0 Å². The Balaban J connectivity index is 2.00. The van der Waals surface area contributed by atoms with Gasteiger partial charge in [-0.15, -0.1) is 5.10 Å². The van der Waals surface area contributed by atoms with E-state index in [-0.39, 0.29) is 23.7 Å². The molecule has 1 N–H and O–H groups in total. The van der Waals surface area contributed by atoms with Crippen LogP contribution in [0.2, 0.25) is 0 Å². The Morgan fingerprint density at radius 3 is 2.52 bits per heavy atom. The van der Waals surface area contributed by atoms with E-state index in [0.29, 0.717) is 39.8 Å². The first-order valence-electron chi connectivity index (χ1n) is 9.77. The third-order valence-electron chi connectivity index (χ3n) is 5.19. The van der Waals surface area contributed by atoms with Crippen LogP contribution in [0.1, 0.15) is 25.2 Å². The summed E-state index contributed by atoms with van der Waals surface area (Å²) in [5.74, 6) is -0.184. The van der Waals surface area contributed by atoms with Gasteiger partial charge < -0.3 is 5.11 Å². The molecule has 0 fully saturated rings. The molecule has 0 atom stereocenters. The van der Waals surface area contributed by atoms with Crippen LogP contribution in [0.5, 0.6) is 0 Å². The third kappa shape index (κ3) is 3.40. The van der Waals surface area contributed by atoms with Crippen molar-refractivity contribution in [2.75, 3.05) is 0 Å². The predicted molar refractivity (Wildman–Crippen MR) is 117 cm³/mol. The van der Waals surface area contributed by atoms with Crippen LogP contribution in [0.4, 0.5) is 4.39 Å². The molecule has 7 nitrogen and oxygen atoms in total. The Hall–Kier alpha value is -3.78. The average Bonchev–Trinajstić information content (AvgIpc) is 3.08. The fourth-order valence-corrected chi connectivity index (χ4v) is 3.66. The molecule has 4 aromatic rings. The Kier molecular flexibility index (Phi) is 5.16. The molecule has 0 aliphatic rings. The Labute approximate surface area is 176 Å². The van der Waals surface area contributed by atoms with Gasteiger partial charge >= 0.3 is 5.69 Å². The first-order valence-corrected chi connectivity index (χ1v) is 9.77. The fourth-order valence-electron chi connectivity index (χ4n) is 3.66. The van der Waals surface area contributed by atoms with E-state index in [2.05, 4.69) is 11.7 Å². The lowest BCUT2D eigenvalue weighted by Crippen LogP contribution is -2.24. The van der Waals surface area contributed by atoms with E-state index in [1.165, 1.54) is 25.9 Å². The molecule has 0 aliphatic carbocycles. The van der Waals surface area contributed by atoms with Crippen molar-refractivity contribution >= 4 is 16.3 Å². The number of hydrogen-bond donors (Lipinski definition) is 1. The second-order valence-electron chi connectivity index (χ2n) is 7.22. The minimum absolute atomic E-state index is 0.259. The first-order chi connectivity index (χ1) is 14.8. The first kappa shape index (κ1) is 20.5. The van der Waals surface area contributed by atoms with Gasteiger partial charge in [-0.25, -0.2) is 9.18 Å². The Morgan fingerprint density at radius 2 is 1.90 bits per heavy atom. The number of nitrogens with zero attached hydrogens (tertiary/aromatic N) is 4. The minimum atomic E-state index is -0.442. The predicted octanol–water partition coefficient (Wildman–Crippen LogP) is 3.02. The lowest BCUT2D eigenvalue weighted by Gasteiger charge is -2.13. The van der Waals surface area contributed by atoms with Crippen LogP contribution in [0.25, 0.3) is 27.7 Å². The largest absolute Gasteiger partial charge is 0.388 e. The van der Waals surface area contributed by atoms with Gasteiger partial charge in [-0.05, 0) is 61.2 Å². The van der Waals surface area contributed by atoms with E-state index in [4.69, 9.17) is 0 Å². The van der Waals surface area contributed by atoms with Crippen molar-refractivity contribution in [1.82, 2.24) is 18.9 Å². The van der Waals surface area contributed by atoms with E-state index in [9.17, 15) is 19.1 Å². The highest BCUT2D eigenvalue weighted by atomic mass is 19.1. The minimum Gasteiger partial charge on any atom is -0.388 e. The number of aliphatic hydroxyl groups excluding tert-OH is 1. The molecule has 0 aliphatic heterocycles. The SMILES string of the molecule is C=C(C)c1cn(-c2cccc(F)c2)c(=O)c2ccc(-n3nc(CO)n(CC)c3=O)cc12. The van der Waals surface area contributed by atoms with E-state index < -0.39 is 5.82 Å². The average molecular weight is 420 g/mol. The molecule has 0 bridgehead atoms. The second kappa shape index (κ2) is 7.81. The molecule has 0 saturated carbocycles. The van der Waals surface area contributed by atoms with Crippen molar-refractivity contribution in [2.24, 2.45) is 0 Å². The number of aliphatic hydroxyl groups is 1. The van der Waals surface area contributed by atoms with Gasteiger partial charge in [-0.1, -0.05) is 12.6 Å². The second-order valence-corrected chi connectivity index (χ2v) is 7.22. The van der Waals surface area contributed by atoms with Crippen molar-refractivity contribution < 1.29 is 9.50 Å². The van der Waals surface area contributed by atoms with Gasteiger partial charge in [0.05, 0.1) is 11.4 Å². The molecule has 2 aromatic heterocycles. The number of pyridine rings is 1. The van der Waals surface area contributed by atoms with E-state index in [0.717, 1.165) is 0 Å². The molecular weight excluding hydrogens is 399 g/mol. The summed E-state index contributed by atoms with van der Waals surface area (Å²) in [5.41, 5.74) is 1.56. The Morgan fingerprint density at radius 1 is 1.13 bits per heavy atom. The van der Waals surface area contributed by atoms with Gasteiger partial charge in [0, 0.05) is 23.7 Å². The van der Waals surface area contributed by atoms with Gasteiger partial charge in [0.25, 0.3) is 5.56 Å². The molecule has 31 heavy (non-hydrogen) atoms. The summed E-state index contributed by atoms with van der Waals surface area (Å²) in [7, 11) is 0. The summed E-state index contributed by atoms with van der Waals surface area (Å²) >= 11 is 0. The van der Waals surface area contributed by atoms with Crippen LogP contribution in [-0.2, 0) is 13.2 Å². The topological polar surface area (TPSA) is 82.0 Å². The van der Waals surface area contributed by atoms with Crippen molar-refractivity contribution in [2.45, 2.75) is 27.0 Å². The van der Waals surface area contributed by atoms with Gasteiger partial charge in [0.2, 0.25) is 0 Å². The molecule has 0 amide bonds. The fraction of sp³-hybridized carbons (Fsp3) is 0.174. The normalized spacial score (nSPS) is 11.2. The maximum Gasteiger partial charge on any atom is 0.350 e. The zero-order valence-electron chi connectivity index (χ0n) is 17.2. The third-order valence-corrected chi connectivity index (χ3v) is 5.19. The molecule has 0 radical (unpaired) electrons. The lowest BCUT2D eigenvalue weighted by molar-refractivity contribution is 0.264. The van der Waals surface area contributed by atoms with Crippen molar-refractivity contribution in [1.29, 1.82) is 0 Å². The number of fused-ring (bicyclic) bond motifs is 1. The number of benzene rings is 2. The molecule has 2 aromatic carbocycles. The molecule has 0 unspecified atom stereocenters. The molecule has 0 saturated heterocycles. The number of hydrogen-bond acceptors (Lipinski definition) is 4. The summed E-state index contributed by atoms with van der Waals surface area (Å²) in [5, 5.41) is 14.7. The highest BCUT2D eigenvalue weighted by Crippen LogP contribution is 2.25. The summed E-state index contributed by atoms with van der Waals surface area (Å²) in [4.78, 5) is 25.9. The zero-order valence-corrected chi connectivity index (χ0v) is 17.2. The molecule has 2 heterocycles. The zero-order chi connectivity index (χ0) is 22.3. The standard InChI is InChI=1S/C23H21FN4O3/c1-4-26-21(13-29)25-28(23(26)31)17-8-9-18-19(11-17)20(14(2)3)12-27(22(18)30)16-7-5-6-15(24)10-16/h5-12,29H,2,4,13H2,1,3H3. The maximum atomic E-state index is 13.7. The quantitative estimate of drug-likeness (QED) is 0.538. The van der Waals surface area contributed by atoms with Crippen LogP contribution >= 0.6 is 0 Å². The van der Waals surface area contributed by atoms with Crippen molar-refractivity contribution in [3.63, 3.8) is 0 Å². The number of halogens is 1. The van der Waals surface area contributed by atoms with Gasteiger partial charge in [-0.3, -0.25) is 13.9 Å². The number of rotatable bonds is 5. The number of aromatic nitrogens is 4. The summed E-state index contributed by atoms with van der Waals surface area (Å²) in [6.07, 6.45) is 1.62. The lowest BCUT2D eigenvalue weighted by atomic mass is 10.0. The summed E-state index contributed by atoms with van der Waals surface area (Å²) in [6.45, 7) is 7.62. The van der Waals surface area contributed by atoms with Gasteiger partial charge in [-0.2, -0.15) is 4.68 Å². The highest BCUT2D eigenvalue weighted by molar-refractivity contribution is 5.93. The van der Waals surface area contributed by atoms with Crippen molar-refractivity contribution in [3.05, 3.63) is 93.3 Å². The molecular formula is C23H21FN4O3. The van der Waals surface area contributed by atoms with Crippen LogP contribution in [0.15, 0.2) is 64.8 Å². The molecule has 158 valence electrons. The summed E-state index contributed by atoms with van der Waals surface area (Å²) in [6, 6.07) is 10.7. The summed E-state index contributed by atoms with van der Waals surface area (Å²) < 4.78 is 17.7. The van der Waals surface area contributed by atoms with Crippen LogP contribution < -0.4 is 11.2 Å². The highest BCUT2D eigenvalue weighted by Gasteiger charge is 2.16. The molecule has 4 rings (SSSR count). The van der Waals surface area contributed by atoms with Gasteiger partial charge in [0.1, 0.15) is 12.4 Å². The van der Waals surface area contributed by atoms with Crippen LogP contribution in [0, 0.1) is 5.82 Å². The Bertz CT molecular complexity index is 1450. The van der Waals surface area contributed by atoms with Crippen molar-refractivity contribution in [3.8, 4) is 11.4 Å². The maximum absolute atomic E-state index is 13.7. The van der Waals surface area contributed by atoms with E-state index in [1.807, 2.05) is 6.92 Å². The smallest absolute Gasteiger partial charge is 0.350 e.